The van der Waals surface area contributed by atoms with Crippen LogP contribution in [0.3, 0.4) is 0 Å². The van der Waals surface area contributed by atoms with E-state index < -0.39 is 16.4 Å². The molecule has 1 aromatic rings. The van der Waals surface area contributed by atoms with Crippen molar-refractivity contribution in [2.45, 2.75) is 16.6 Å². The Morgan fingerprint density at radius 1 is 1.39 bits per heavy atom. The molecular weight excluding hydrogens is 272 g/mol. The molecule has 0 saturated carbocycles. The summed E-state index contributed by atoms with van der Waals surface area (Å²) in [7, 11) is 0. The van der Waals surface area contributed by atoms with Gasteiger partial charge in [0.05, 0.1) is 5.69 Å². The van der Waals surface area contributed by atoms with E-state index >= 15 is 0 Å². The lowest BCUT2D eigenvalue weighted by Gasteiger charge is -2.08. The summed E-state index contributed by atoms with van der Waals surface area (Å²) in [6.45, 7) is 0. The molecule has 0 spiro atoms. The summed E-state index contributed by atoms with van der Waals surface area (Å²) in [4.78, 5) is 34.6. The third-order valence-electron chi connectivity index (χ3n) is 2.32. The first-order valence-electron chi connectivity index (χ1n) is 5.15. The van der Waals surface area contributed by atoms with Gasteiger partial charge in [-0.1, -0.05) is 23.9 Å². The molecule has 1 aromatic carbocycles. The lowest BCUT2D eigenvalue weighted by Crippen LogP contribution is -2.27. The lowest BCUT2D eigenvalue weighted by atomic mass is 10.2. The molecule has 0 aromatic heterocycles. The van der Waals surface area contributed by atoms with Gasteiger partial charge in [0.15, 0.2) is 0 Å². The Morgan fingerprint density at radius 3 is 2.72 bits per heavy atom. The van der Waals surface area contributed by atoms with Gasteiger partial charge in [-0.05, 0) is 12.1 Å². The molecule has 1 saturated heterocycles. The molecule has 1 fully saturated rings. The number of benzene rings is 1. The van der Waals surface area contributed by atoms with Crippen molar-refractivity contribution >= 4 is 47.1 Å². The molecule has 1 aliphatic heterocycles. The number of hydrogen-bond donors (Lipinski definition) is 3. The van der Waals surface area contributed by atoms with Crippen LogP contribution in [0.1, 0.15) is 6.42 Å². The number of carbonyl (C=O) groups excluding carboxylic acids is 3. The molecule has 1 unspecified atom stereocenters. The summed E-state index contributed by atoms with van der Waals surface area (Å²) in [5, 5.41) is 3.73. The molecule has 2 N–H and O–H groups in total. The fourth-order valence-corrected chi connectivity index (χ4v) is 2.51. The normalized spacial score (nSPS) is 18.6. The fourth-order valence-electron chi connectivity index (χ4n) is 1.48. The van der Waals surface area contributed by atoms with E-state index in [0.717, 1.165) is 11.8 Å². The van der Waals surface area contributed by atoms with Crippen LogP contribution in [-0.4, -0.2) is 22.3 Å². The summed E-state index contributed by atoms with van der Waals surface area (Å²) in [6.07, 6.45) is -0.0373. The van der Waals surface area contributed by atoms with Crippen molar-refractivity contribution in [3.05, 3.63) is 24.3 Å². The average molecular weight is 282 g/mol. The monoisotopic (exact) mass is 282 g/mol. The van der Waals surface area contributed by atoms with E-state index in [2.05, 4.69) is 23.3 Å². The molecule has 18 heavy (non-hydrogen) atoms. The van der Waals surface area contributed by atoms with Crippen LogP contribution in [0.4, 0.5) is 10.5 Å². The lowest BCUT2D eigenvalue weighted by molar-refractivity contribution is -0.122. The van der Waals surface area contributed by atoms with E-state index in [1.165, 1.54) is 0 Å². The molecule has 5 nitrogen and oxygen atoms in total. The highest BCUT2D eigenvalue weighted by molar-refractivity contribution is 8.15. The highest BCUT2D eigenvalue weighted by Gasteiger charge is 2.33. The Morgan fingerprint density at radius 2 is 2.11 bits per heavy atom. The summed E-state index contributed by atoms with van der Waals surface area (Å²) in [5.74, 6) is -0.738. The first kappa shape index (κ1) is 13.0. The summed E-state index contributed by atoms with van der Waals surface area (Å²) in [6, 6.07) is 7.04. The summed E-state index contributed by atoms with van der Waals surface area (Å²) < 4.78 is 0. The van der Waals surface area contributed by atoms with Crippen LogP contribution < -0.4 is 10.6 Å². The van der Waals surface area contributed by atoms with Crippen LogP contribution >= 0.6 is 24.4 Å². The van der Waals surface area contributed by atoms with Gasteiger partial charge in [-0.25, -0.2) is 0 Å². The largest absolute Gasteiger partial charge is 0.325 e. The Balaban J connectivity index is 1.95. The van der Waals surface area contributed by atoms with Gasteiger partial charge in [0.1, 0.15) is 5.25 Å². The maximum absolute atomic E-state index is 11.7. The molecule has 7 heteroatoms. The van der Waals surface area contributed by atoms with Gasteiger partial charge in [-0.3, -0.25) is 19.7 Å². The summed E-state index contributed by atoms with van der Waals surface area (Å²) in [5.41, 5.74) is 0.584. The zero-order valence-electron chi connectivity index (χ0n) is 9.17. The van der Waals surface area contributed by atoms with Gasteiger partial charge in [-0.2, -0.15) is 0 Å². The first-order valence-corrected chi connectivity index (χ1v) is 6.48. The van der Waals surface area contributed by atoms with Crippen molar-refractivity contribution in [2.24, 2.45) is 0 Å². The Hall–Kier alpha value is -1.47. The van der Waals surface area contributed by atoms with Crippen molar-refractivity contribution < 1.29 is 14.4 Å². The minimum Gasteiger partial charge on any atom is -0.325 e. The SMILES string of the molecule is O=C(CC1SC(=O)NC1=O)Nc1ccccc1S. The highest BCUT2D eigenvalue weighted by Crippen LogP contribution is 2.23. The van der Waals surface area contributed by atoms with Gasteiger partial charge in [-0.15, -0.1) is 12.6 Å². The maximum atomic E-state index is 11.7. The molecule has 1 aliphatic rings. The smallest absolute Gasteiger partial charge is 0.286 e. The van der Waals surface area contributed by atoms with E-state index in [1.807, 2.05) is 0 Å². The van der Waals surface area contributed by atoms with Crippen LogP contribution in [0.2, 0.25) is 0 Å². The van der Waals surface area contributed by atoms with Crippen LogP contribution in [-0.2, 0) is 9.59 Å². The molecule has 1 atom stereocenters. The first-order chi connectivity index (χ1) is 8.56. The van der Waals surface area contributed by atoms with E-state index in [-0.39, 0.29) is 12.3 Å². The number of thiol groups is 1. The Labute approximate surface area is 113 Å². The number of imide groups is 1. The van der Waals surface area contributed by atoms with Crippen molar-refractivity contribution in [2.75, 3.05) is 5.32 Å². The van der Waals surface area contributed by atoms with E-state index in [4.69, 9.17) is 0 Å². The van der Waals surface area contributed by atoms with Crippen LogP contribution in [0, 0.1) is 0 Å². The Kier molecular flexibility index (Phi) is 3.93. The second kappa shape index (κ2) is 5.45. The van der Waals surface area contributed by atoms with Gasteiger partial charge in [0.25, 0.3) is 5.24 Å². The van der Waals surface area contributed by atoms with E-state index in [9.17, 15) is 14.4 Å². The predicted octanol–water partition coefficient (Wildman–Crippen LogP) is 1.66. The second-order valence-corrected chi connectivity index (χ2v) is 5.31. The minimum atomic E-state index is -0.649. The van der Waals surface area contributed by atoms with Crippen LogP contribution in [0.15, 0.2) is 29.2 Å². The molecule has 1 heterocycles. The summed E-state index contributed by atoms with van der Waals surface area (Å²) >= 11 is 5.04. The zero-order valence-corrected chi connectivity index (χ0v) is 10.9. The minimum absolute atomic E-state index is 0.0373. The number of anilines is 1. The van der Waals surface area contributed by atoms with Crippen LogP contribution in [0.5, 0.6) is 0 Å². The number of thioether (sulfide) groups is 1. The standard InChI is InChI=1S/C11H10N2O3S2/c14-9(5-8-10(15)13-11(16)18-8)12-6-3-1-2-4-7(6)17/h1-4,8,17H,5H2,(H,12,14)(H,13,15,16). The molecule has 3 amide bonds. The molecule has 0 aliphatic carbocycles. The third-order valence-corrected chi connectivity index (χ3v) is 3.69. The zero-order chi connectivity index (χ0) is 13.1. The van der Waals surface area contributed by atoms with Crippen molar-refractivity contribution in [1.82, 2.24) is 5.32 Å². The quantitative estimate of drug-likeness (QED) is 0.737. The van der Waals surface area contributed by atoms with Crippen molar-refractivity contribution in [3.63, 3.8) is 0 Å². The Bertz CT molecular complexity index is 519. The van der Waals surface area contributed by atoms with Crippen LogP contribution in [0.25, 0.3) is 0 Å². The topological polar surface area (TPSA) is 75.3 Å². The van der Waals surface area contributed by atoms with E-state index in [1.54, 1.807) is 24.3 Å². The molecule has 0 radical (unpaired) electrons. The highest BCUT2D eigenvalue weighted by atomic mass is 32.2. The number of para-hydroxylation sites is 1. The van der Waals surface area contributed by atoms with E-state index in [0.29, 0.717) is 10.6 Å². The fraction of sp³-hybridized carbons (Fsp3) is 0.182. The number of hydrogen-bond acceptors (Lipinski definition) is 5. The molecule has 94 valence electrons. The van der Waals surface area contributed by atoms with Crippen molar-refractivity contribution in [1.29, 1.82) is 0 Å². The molecule has 0 bridgehead atoms. The number of amides is 3. The van der Waals surface area contributed by atoms with Gasteiger partial charge >= 0.3 is 0 Å². The maximum Gasteiger partial charge on any atom is 0.286 e. The average Bonchev–Trinajstić information content (AvgIpc) is 2.61. The van der Waals surface area contributed by atoms with Gasteiger partial charge < -0.3 is 5.32 Å². The van der Waals surface area contributed by atoms with Gasteiger partial charge in [0.2, 0.25) is 11.8 Å². The van der Waals surface area contributed by atoms with Gasteiger partial charge in [0, 0.05) is 11.3 Å². The number of carbonyl (C=O) groups is 3. The number of rotatable bonds is 3. The second-order valence-electron chi connectivity index (χ2n) is 3.65. The number of nitrogens with one attached hydrogen (secondary N) is 2. The predicted molar refractivity (Wildman–Crippen MR) is 71.9 cm³/mol. The molecular formula is C11H10N2O3S2. The van der Waals surface area contributed by atoms with Crippen molar-refractivity contribution in [3.8, 4) is 0 Å². The third kappa shape index (κ3) is 3.05. The molecule has 2 rings (SSSR count).